The van der Waals surface area contributed by atoms with Crippen molar-refractivity contribution in [3.05, 3.63) is 75.1 Å². The highest BCUT2D eigenvalue weighted by molar-refractivity contribution is 5.83. The number of nitro groups is 1. The molecule has 11 nitrogen and oxygen atoms in total. The van der Waals surface area contributed by atoms with Crippen LogP contribution in [0, 0.1) is 24.0 Å². The minimum atomic E-state index is -0.435. The van der Waals surface area contributed by atoms with E-state index < -0.39 is 10.8 Å². The smallest absolute Gasteiger partial charge is 0.312 e. The molecule has 0 unspecified atom stereocenters. The van der Waals surface area contributed by atoms with Gasteiger partial charge in [-0.05, 0) is 61.9 Å². The number of carbonyl (C=O) groups excluding carboxylic acids is 1. The molecule has 2 aromatic carbocycles. The van der Waals surface area contributed by atoms with Gasteiger partial charge in [0.15, 0.2) is 6.61 Å². The Balaban J connectivity index is 1.64. The van der Waals surface area contributed by atoms with Crippen LogP contribution >= 0.6 is 0 Å². The number of hydrogen-bond donors (Lipinski definition) is 1. The molecule has 0 atom stereocenters. The summed E-state index contributed by atoms with van der Waals surface area (Å²) in [5, 5.41) is 19.5. The molecule has 34 heavy (non-hydrogen) atoms. The lowest BCUT2D eigenvalue weighted by molar-refractivity contribution is -0.386. The molecule has 1 amide bonds. The topological polar surface area (TPSA) is 130 Å². The average molecular weight is 467 g/mol. The first-order valence-corrected chi connectivity index (χ1v) is 10.3. The summed E-state index contributed by atoms with van der Waals surface area (Å²) in [6.07, 6.45) is 1.48. The van der Waals surface area contributed by atoms with Crippen molar-refractivity contribution in [2.75, 3.05) is 20.8 Å². The normalized spacial score (nSPS) is 10.8. The Morgan fingerprint density at radius 3 is 2.47 bits per heavy atom. The zero-order valence-electron chi connectivity index (χ0n) is 19.3. The van der Waals surface area contributed by atoms with Gasteiger partial charge in [0, 0.05) is 5.56 Å². The number of rotatable bonds is 10. The van der Waals surface area contributed by atoms with E-state index in [0.29, 0.717) is 34.2 Å². The standard InChI is InChI=1S/C23H25N5O6/c1-15-23(28(30)31)16(2)27(26-15)13-18-11-17(5-10-21(18)33-4)12-24-25-22(29)14-34-20-8-6-19(32-3)7-9-20/h5-12H,13-14H2,1-4H3,(H,25,29). The van der Waals surface area contributed by atoms with Gasteiger partial charge in [0.25, 0.3) is 5.91 Å². The van der Waals surface area contributed by atoms with Gasteiger partial charge in [-0.25, -0.2) is 5.43 Å². The highest BCUT2D eigenvalue weighted by Crippen LogP contribution is 2.25. The first-order chi connectivity index (χ1) is 16.3. The predicted molar refractivity (Wildman–Crippen MR) is 125 cm³/mol. The summed E-state index contributed by atoms with van der Waals surface area (Å²) < 4.78 is 17.5. The fourth-order valence-corrected chi connectivity index (χ4v) is 3.30. The highest BCUT2D eigenvalue weighted by Gasteiger charge is 2.22. The third-order valence-electron chi connectivity index (χ3n) is 4.98. The number of aryl methyl sites for hydroxylation is 1. The molecule has 3 rings (SSSR count). The van der Waals surface area contributed by atoms with Crippen molar-refractivity contribution < 1.29 is 23.9 Å². The minimum absolute atomic E-state index is 0.00347. The van der Waals surface area contributed by atoms with Crippen LogP contribution in [0.5, 0.6) is 17.2 Å². The molecule has 1 N–H and O–H groups in total. The van der Waals surface area contributed by atoms with Crippen molar-refractivity contribution in [1.29, 1.82) is 0 Å². The Kier molecular flexibility index (Phi) is 7.80. The van der Waals surface area contributed by atoms with Crippen LogP contribution in [-0.4, -0.2) is 47.7 Å². The van der Waals surface area contributed by atoms with Crippen LogP contribution in [0.2, 0.25) is 0 Å². The van der Waals surface area contributed by atoms with Gasteiger partial charge in [0.1, 0.15) is 28.6 Å². The zero-order chi connectivity index (χ0) is 24.7. The second-order valence-corrected chi connectivity index (χ2v) is 7.26. The molecule has 1 aromatic heterocycles. The van der Waals surface area contributed by atoms with Gasteiger partial charge in [0.2, 0.25) is 0 Å². The lowest BCUT2D eigenvalue weighted by atomic mass is 10.1. The summed E-state index contributed by atoms with van der Waals surface area (Å²) in [5.74, 6) is 1.40. The molecule has 0 aliphatic carbocycles. The molecule has 11 heteroatoms. The predicted octanol–water partition coefficient (Wildman–Crippen LogP) is 3.00. The third-order valence-corrected chi connectivity index (χ3v) is 4.98. The van der Waals surface area contributed by atoms with E-state index in [-0.39, 0.29) is 18.8 Å². The van der Waals surface area contributed by atoms with E-state index in [1.165, 1.54) is 6.21 Å². The van der Waals surface area contributed by atoms with E-state index >= 15 is 0 Å². The second-order valence-electron chi connectivity index (χ2n) is 7.26. The fraction of sp³-hybridized carbons (Fsp3) is 0.261. The number of benzene rings is 2. The molecule has 178 valence electrons. The number of carbonyl (C=O) groups is 1. The van der Waals surface area contributed by atoms with E-state index in [1.807, 2.05) is 6.07 Å². The molecular weight excluding hydrogens is 442 g/mol. The molecule has 0 fully saturated rings. The largest absolute Gasteiger partial charge is 0.497 e. The van der Waals surface area contributed by atoms with Crippen LogP contribution in [-0.2, 0) is 11.3 Å². The van der Waals surface area contributed by atoms with Crippen molar-refractivity contribution in [2.45, 2.75) is 20.4 Å². The highest BCUT2D eigenvalue weighted by atomic mass is 16.6. The van der Waals surface area contributed by atoms with Crippen molar-refractivity contribution >= 4 is 17.8 Å². The first-order valence-electron chi connectivity index (χ1n) is 10.3. The van der Waals surface area contributed by atoms with Crippen molar-refractivity contribution in [2.24, 2.45) is 5.10 Å². The summed E-state index contributed by atoms with van der Waals surface area (Å²) >= 11 is 0. The van der Waals surface area contributed by atoms with Crippen LogP contribution in [0.1, 0.15) is 22.5 Å². The Bertz CT molecular complexity index is 1200. The van der Waals surface area contributed by atoms with E-state index in [4.69, 9.17) is 14.2 Å². The SMILES string of the molecule is COc1ccc(OCC(=O)NN=Cc2ccc(OC)c(Cn3nc(C)c([N+](=O)[O-])c3C)c2)cc1. The van der Waals surface area contributed by atoms with Gasteiger partial charge in [-0.2, -0.15) is 10.2 Å². The lowest BCUT2D eigenvalue weighted by Crippen LogP contribution is -2.24. The van der Waals surface area contributed by atoms with Gasteiger partial charge in [0.05, 0.1) is 31.9 Å². The molecule has 0 aliphatic rings. The molecule has 1 heterocycles. The van der Waals surface area contributed by atoms with Crippen LogP contribution in [0.15, 0.2) is 47.6 Å². The fourth-order valence-electron chi connectivity index (χ4n) is 3.30. The molecule has 0 spiro atoms. The second kappa shape index (κ2) is 10.9. The summed E-state index contributed by atoms with van der Waals surface area (Å²) in [6, 6.07) is 12.2. The minimum Gasteiger partial charge on any atom is -0.497 e. The van der Waals surface area contributed by atoms with Crippen LogP contribution < -0.4 is 19.6 Å². The Labute approximate surface area is 196 Å². The molecule has 0 aliphatic heterocycles. The number of hydrogen-bond acceptors (Lipinski definition) is 8. The monoisotopic (exact) mass is 467 g/mol. The molecule has 0 saturated heterocycles. The quantitative estimate of drug-likeness (QED) is 0.276. The number of aromatic nitrogens is 2. The summed E-state index contributed by atoms with van der Waals surface area (Å²) in [7, 11) is 3.11. The maximum absolute atomic E-state index is 12.0. The van der Waals surface area contributed by atoms with Crippen molar-refractivity contribution in [1.82, 2.24) is 15.2 Å². The number of nitrogens with one attached hydrogen (secondary N) is 1. The van der Waals surface area contributed by atoms with Crippen LogP contribution in [0.3, 0.4) is 0 Å². The number of hydrazone groups is 1. The number of ether oxygens (including phenoxy) is 3. The lowest BCUT2D eigenvalue weighted by Gasteiger charge is -2.10. The molecule has 0 radical (unpaired) electrons. The Morgan fingerprint density at radius 2 is 1.85 bits per heavy atom. The average Bonchev–Trinajstić information content (AvgIpc) is 3.11. The third kappa shape index (κ3) is 5.88. The Hall–Kier alpha value is -4.41. The maximum atomic E-state index is 12.0. The van der Waals surface area contributed by atoms with Gasteiger partial charge >= 0.3 is 5.69 Å². The zero-order valence-corrected chi connectivity index (χ0v) is 19.3. The Morgan fingerprint density at radius 1 is 1.15 bits per heavy atom. The van der Waals surface area contributed by atoms with E-state index in [9.17, 15) is 14.9 Å². The van der Waals surface area contributed by atoms with Gasteiger partial charge in [-0.3, -0.25) is 19.6 Å². The summed E-state index contributed by atoms with van der Waals surface area (Å²) in [4.78, 5) is 22.8. The van der Waals surface area contributed by atoms with Crippen LogP contribution in [0.25, 0.3) is 0 Å². The molecule has 0 saturated carbocycles. The summed E-state index contributed by atoms with van der Waals surface area (Å²) in [6.45, 7) is 3.32. The summed E-state index contributed by atoms with van der Waals surface area (Å²) in [5.41, 5.74) is 4.65. The first kappa shape index (κ1) is 24.2. The maximum Gasteiger partial charge on any atom is 0.312 e. The number of methoxy groups -OCH3 is 2. The molecular formula is C23H25N5O6. The number of nitrogens with zero attached hydrogens (tertiary/aromatic N) is 4. The van der Waals surface area contributed by atoms with Crippen molar-refractivity contribution in [3.63, 3.8) is 0 Å². The van der Waals surface area contributed by atoms with E-state index in [2.05, 4.69) is 15.6 Å². The van der Waals surface area contributed by atoms with E-state index in [0.717, 1.165) is 5.56 Å². The number of amides is 1. The van der Waals surface area contributed by atoms with Gasteiger partial charge < -0.3 is 14.2 Å². The van der Waals surface area contributed by atoms with Gasteiger partial charge in [-0.1, -0.05) is 0 Å². The van der Waals surface area contributed by atoms with Crippen LogP contribution in [0.4, 0.5) is 5.69 Å². The van der Waals surface area contributed by atoms with Crippen molar-refractivity contribution in [3.8, 4) is 17.2 Å². The van der Waals surface area contributed by atoms with E-state index in [1.54, 1.807) is 69.1 Å². The molecule has 3 aromatic rings. The molecule has 0 bridgehead atoms. The van der Waals surface area contributed by atoms with Gasteiger partial charge in [-0.15, -0.1) is 0 Å².